The summed E-state index contributed by atoms with van der Waals surface area (Å²) in [5, 5.41) is 3.79. The van der Waals surface area contributed by atoms with Crippen molar-refractivity contribution in [3.8, 4) is 0 Å². The molecule has 0 saturated heterocycles. The monoisotopic (exact) mass is 280 g/mol. The quantitative estimate of drug-likeness (QED) is 0.891. The fourth-order valence-corrected chi connectivity index (χ4v) is 2.95. The van der Waals surface area contributed by atoms with Crippen LogP contribution in [-0.4, -0.2) is 12.5 Å². The maximum absolute atomic E-state index is 12.3. The predicted octanol–water partition coefficient (Wildman–Crippen LogP) is 2.89. The van der Waals surface area contributed by atoms with Crippen LogP contribution in [0.3, 0.4) is 0 Å². The van der Waals surface area contributed by atoms with Crippen molar-refractivity contribution in [3.63, 3.8) is 0 Å². The molecule has 1 aromatic carbocycles. The summed E-state index contributed by atoms with van der Waals surface area (Å²) in [7, 11) is 0. The van der Waals surface area contributed by atoms with E-state index in [1.807, 2.05) is 31.2 Å². The van der Waals surface area contributed by atoms with E-state index < -0.39 is 0 Å². The maximum Gasteiger partial charge on any atom is 0.223 e. The van der Waals surface area contributed by atoms with Gasteiger partial charge >= 0.3 is 0 Å². The van der Waals surface area contributed by atoms with Crippen LogP contribution in [0, 0.1) is 11.8 Å². The van der Waals surface area contributed by atoms with E-state index in [9.17, 15) is 4.79 Å². The van der Waals surface area contributed by atoms with Crippen LogP contribution in [-0.2, 0) is 4.79 Å². The number of hydrogen-bond donors (Lipinski definition) is 2. The van der Waals surface area contributed by atoms with Crippen LogP contribution in [0.25, 0.3) is 0 Å². The Hall–Kier alpha value is -1.06. The van der Waals surface area contributed by atoms with Gasteiger partial charge in [0.1, 0.15) is 0 Å². The van der Waals surface area contributed by atoms with Crippen molar-refractivity contribution in [2.24, 2.45) is 17.6 Å². The van der Waals surface area contributed by atoms with E-state index in [0.717, 1.165) is 24.8 Å². The normalized spacial score (nSPS) is 24.2. The molecule has 3 nitrogen and oxygen atoms in total. The molecule has 0 bridgehead atoms. The first-order valence-corrected chi connectivity index (χ1v) is 7.25. The zero-order valence-electron chi connectivity index (χ0n) is 11.2. The Bertz CT molecular complexity index is 432. The summed E-state index contributed by atoms with van der Waals surface area (Å²) in [6.07, 6.45) is 3.14. The summed E-state index contributed by atoms with van der Waals surface area (Å²) in [6.45, 7) is 2.60. The number of carbonyl (C=O) groups excluding carboxylic acids is 1. The molecule has 0 aliphatic heterocycles. The van der Waals surface area contributed by atoms with Gasteiger partial charge in [-0.05, 0) is 49.9 Å². The van der Waals surface area contributed by atoms with Crippen LogP contribution < -0.4 is 11.1 Å². The third kappa shape index (κ3) is 3.48. The maximum atomic E-state index is 12.3. The number of benzene rings is 1. The Morgan fingerprint density at radius 3 is 2.74 bits per heavy atom. The van der Waals surface area contributed by atoms with Crippen LogP contribution in [0.1, 0.15) is 37.8 Å². The minimum Gasteiger partial charge on any atom is -0.349 e. The van der Waals surface area contributed by atoms with Gasteiger partial charge in [0.25, 0.3) is 0 Å². The molecule has 0 radical (unpaired) electrons. The highest BCUT2D eigenvalue weighted by molar-refractivity contribution is 6.30. The molecule has 104 valence electrons. The van der Waals surface area contributed by atoms with E-state index >= 15 is 0 Å². The lowest BCUT2D eigenvalue weighted by Crippen LogP contribution is -2.36. The second-order valence-electron chi connectivity index (χ2n) is 5.32. The summed E-state index contributed by atoms with van der Waals surface area (Å²) in [5.41, 5.74) is 6.80. The SMILES string of the molecule is C[C@H](NC(=O)C1CCCC1CN)c1ccc(Cl)cc1. The van der Waals surface area contributed by atoms with Gasteiger partial charge in [-0.1, -0.05) is 30.2 Å². The molecule has 1 aliphatic carbocycles. The number of nitrogens with one attached hydrogen (secondary N) is 1. The number of carbonyl (C=O) groups is 1. The van der Waals surface area contributed by atoms with Crippen LogP contribution in [0.15, 0.2) is 24.3 Å². The van der Waals surface area contributed by atoms with Crippen LogP contribution in [0.4, 0.5) is 0 Å². The van der Waals surface area contributed by atoms with E-state index in [2.05, 4.69) is 5.32 Å². The van der Waals surface area contributed by atoms with Crippen LogP contribution in [0.5, 0.6) is 0 Å². The standard InChI is InChI=1S/C15H21ClN2O/c1-10(11-5-7-13(16)8-6-11)18-15(19)14-4-2-3-12(14)9-17/h5-8,10,12,14H,2-4,9,17H2,1H3,(H,18,19)/t10-,12?,14?/m0/s1. The lowest BCUT2D eigenvalue weighted by molar-refractivity contribution is -0.126. The third-order valence-electron chi connectivity index (χ3n) is 4.03. The molecule has 1 aliphatic rings. The smallest absolute Gasteiger partial charge is 0.223 e. The summed E-state index contributed by atoms with van der Waals surface area (Å²) in [4.78, 5) is 12.3. The van der Waals surface area contributed by atoms with Crippen molar-refractivity contribution in [1.82, 2.24) is 5.32 Å². The molecule has 1 amide bonds. The van der Waals surface area contributed by atoms with Crippen molar-refractivity contribution in [1.29, 1.82) is 0 Å². The molecule has 4 heteroatoms. The van der Waals surface area contributed by atoms with Gasteiger partial charge in [0.2, 0.25) is 5.91 Å². The fourth-order valence-electron chi connectivity index (χ4n) is 2.82. The molecule has 0 aromatic heterocycles. The molecular weight excluding hydrogens is 260 g/mol. The van der Waals surface area contributed by atoms with Gasteiger partial charge in [-0.2, -0.15) is 0 Å². The average Bonchev–Trinajstić information content (AvgIpc) is 2.87. The fraction of sp³-hybridized carbons (Fsp3) is 0.533. The molecule has 2 unspecified atom stereocenters. The first-order valence-electron chi connectivity index (χ1n) is 6.87. The predicted molar refractivity (Wildman–Crippen MR) is 77.9 cm³/mol. The number of halogens is 1. The molecular formula is C15H21ClN2O. The van der Waals surface area contributed by atoms with Gasteiger partial charge in [0.05, 0.1) is 6.04 Å². The van der Waals surface area contributed by atoms with Gasteiger partial charge < -0.3 is 11.1 Å². The first-order chi connectivity index (χ1) is 9.11. The van der Waals surface area contributed by atoms with Gasteiger partial charge in [-0.15, -0.1) is 0 Å². The molecule has 1 saturated carbocycles. The topological polar surface area (TPSA) is 55.1 Å². The minimum absolute atomic E-state index is 0.00351. The van der Waals surface area contributed by atoms with Gasteiger partial charge in [0.15, 0.2) is 0 Å². The zero-order valence-corrected chi connectivity index (χ0v) is 12.0. The van der Waals surface area contributed by atoms with Crippen molar-refractivity contribution in [2.45, 2.75) is 32.2 Å². The summed E-state index contributed by atoms with van der Waals surface area (Å²) in [5.74, 6) is 0.563. The van der Waals surface area contributed by atoms with E-state index in [4.69, 9.17) is 17.3 Å². The molecule has 0 heterocycles. The number of rotatable bonds is 4. The van der Waals surface area contributed by atoms with Crippen LogP contribution >= 0.6 is 11.6 Å². The molecule has 1 fully saturated rings. The summed E-state index contributed by atoms with van der Waals surface area (Å²) < 4.78 is 0. The van der Waals surface area contributed by atoms with E-state index in [1.54, 1.807) is 0 Å². The van der Waals surface area contributed by atoms with E-state index in [0.29, 0.717) is 17.5 Å². The van der Waals surface area contributed by atoms with Gasteiger partial charge in [0, 0.05) is 10.9 Å². The minimum atomic E-state index is 0.00351. The highest BCUT2D eigenvalue weighted by Gasteiger charge is 2.32. The molecule has 3 atom stereocenters. The molecule has 0 spiro atoms. The zero-order chi connectivity index (χ0) is 13.8. The van der Waals surface area contributed by atoms with Gasteiger partial charge in [-0.3, -0.25) is 4.79 Å². The third-order valence-corrected chi connectivity index (χ3v) is 4.28. The first kappa shape index (κ1) is 14.4. The Balaban J connectivity index is 1.96. The molecule has 3 N–H and O–H groups in total. The highest BCUT2D eigenvalue weighted by atomic mass is 35.5. The number of hydrogen-bond acceptors (Lipinski definition) is 2. The van der Waals surface area contributed by atoms with Gasteiger partial charge in [-0.25, -0.2) is 0 Å². The lowest BCUT2D eigenvalue weighted by atomic mass is 9.95. The average molecular weight is 281 g/mol. The Morgan fingerprint density at radius 1 is 1.42 bits per heavy atom. The van der Waals surface area contributed by atoms with Crippen molar-refractivity contribution in [3.05, 3.63) is 34.9 Å². The lowest BCUT2D eigenvalue weighted by Gasteiger charge is -2.21. The van der Waals surface area contributed by atoms with Crippen molar-refractivity contribution < 1.29 is 4.79 Å². The second-order valence-corrected chi connectivity index (χ2v) is 5.75. The Kier molecular flexibility index (Phi) is 4.83. The molecule has 1 aromatic rings. The highest BCUT2D eigenvalue weighted by Crippen LogP contribution is 2.31. The van der Waals surface area contributed by atoms with Crippen molar-refractivity contribution >= 4 is 17.5 Å². The van der Waals surface area contributed by atoms with Crippen LogP contribution in [0.2, 0.25) is 5.02 Å². The molecule has 19 heavy (non-hydrogen) atoms. The summed E-state index contributed by atoms with van der Waals surface area (Å²) in [6, 6.07) is 7.59. The second kappa shape index (κ2) is 6.40. The Morgan fingerprint density at radius 2 is 2.11 bits per heavy atom. The summed E-state index contributed by atoms with van der Waals surface area (Å²) >= 11 is 5.86. The largest absolute Gasteiger partial charge is 0.349 e. The number of amides is 1. The van der Waals surface area contributed by atoms with E-state index in [1.165, 1.54) is 0 Å². The van der Waals surface area contributed by atoms with E-state index in [-0.39, 0.29) is 17.9 Å². The number of nitrogens with two attached hydrogens (primary N) is 1. The van der Waals surface area contributed by atoms with Crippen molar-refractivity contribution in [2.75, 3.05) is 6.54 Å². The Labute approximate surface area is 119 Å². The molecule has 2 rings (SSSR count).